The van der Waals surface area contributed by atoms with Gasteiger partial charge in [0.2, 0.25) is 0 Å². The summed E-state index contributed by atoms with van der Waals surface area (Å²) in [7, 11) is 1.57. The van der Waals surface area contributed by atoms with Gasteiger partial charge in [0.15, 0.2) is 6.79 Å². The van der Waals surface area contributed by atoms with Crippen molar-refractivity contribution in [2.24, 2.45) is 0 Å². The van der Waals surface area contributed by atoms with E-state index in [1.165, 1.54) is 0 Å². The van der Waals surface area contributed by atoms with E-state index in [0.29, 0.717) is 17.9 Å². The number of hydrogen-bond acceptors (Lipinski definition) is 4. The standard InChI is InChI=1S/C13H18O4/c1-13(2)7-11(14)10-5-4-9(16-8-15-3)6-12(10)17-13/h4-6,11,14H,7-8H2,1-3H3. The molecule has 1 aromatic carbocycles. The molecule has 17 heavy (non-hydrogen) atoms. The van der Waals surface area contributed by atoms with E-state index in [0.717, 1.165) is 5.56 Å². The average molecular weight is 238 g/mol. The van der Waals surface area contributed by atoms with Crippen molar-refractivity contribution in [3.8, 4) is 11.5 Å². The molecule has 1 N–H and O–H groups in total. The second kappa shape index (κ2) is 4.55. The Kier molecular flexibility index (Phi) is 3.26. The molecule has 4 nitrogen and oxygen atoms in total. The molecule has 1 unspecified atom stereocenters. The first-order valence-corrected chi connectivity index (χ1v) is 5.64. The van der Waals surface area contributed by atoms with Crippen LogP contribution in [0.2, 0.25) is 0 Å². The van der Waals surface area contributed by atoms with Gasteiger partial charge in [0, 0.05) is 25.2 Å². The van der Waals surface area contributed by atoms with E-state index in [4.69, 9.17) is 14.2 Å². The van der Waals surface area contributed by atoms with Gasteiger partial charge in [0.25, 0.3) is 0 Å². The lowest BCUT2D eigenvalue weighted by Gasteiger charge is -2.35. The van der Waals surface area contributed by atoms with E-state index >= 15 is 0 Å². The Bertz CT molecular complexity index is 400. The lowest BCUT2D eigenvalue weighted by atomic mass is 9.92. The van der Waals surface area contributed by atoms with Gasteiger partial charge >= 0.3 is 0 Å². The Morgan fingerprint density at radius 2 is 2.24 bits per heavy atom. The number of rotatable bonds is 3. The van der Waals surface area contributed by atoms with Gasteiger partial charge in [0.05, 0.1) is 6.10 Å². The maximum Gasteiger partial charge on any atom is 0.188 e. The minimum Gasteiger partial charge on any atom is -0.487 e. The van der Waals surface area contributed by atoms with Gasteiger partial charge in [-0.1, -0.05) is 0 Å². The van der Waals surface area contributed by atoms with Gasteiger partial charge in [0.1, 0.15) is 17.1 Å². The van der Waals surface area contributed by atoms with Gasteiger partial charge < -0.3 is 19.3 Å². The Morgan fingerprint density at radius 3 is 2.94 bits per heavy atom. The van der Waals surface area contributed by atoms with Crippen molar-refractivity contribution < 1.29 is 19.3 Å². The van der Waals surface area contributed by atoms with Crippen LogP contribution in [-0.4, -0.2) is 24.6 Å². The fraction of sp³-hybridized carbons (Fsp3) is 0.538. The molecule has 4 heteroatoms. The smallest absolute Gasteiger partial charge is 0.188 e. The van der Waals surface area contributed by atoms with Crippen molar-refractivity contribution in [2.75, 3.05) is 13.9 Å². The maximum atomic E-state index is 10.0. The molecule has 0 radical (unpaired) electrons. The first-order chi connectivity index (χ1) is 8.02. The molecule has 1 heterocycles. The summed E-state index contributed by atoms with van der Waals surface area (Å²) in [6.45, 7) is 4.12. The van der Waals surface area contributed by atoms with Crippen molar-refractivity contribution in [3.05, 3.63) is 23.8 Å². The molecule has 0 fully saturated rings. The van der Waals surface area contributed by atoms with Crippen LogP contribution in [0.25, 0.3) is 0 Å². The average Bonchev–Trinajstić information content (AvgIpc) is 2.24. The van der Waals surface area contributed by atoms with Crippen LogP contribution in [0.3, 0.4) is 0 Å². The Balaban J connectivity index is 2.25. The first-order valence-electron chi connectivity index (χ1n) is 5.64. The summed E-state index contributed by atoms with van der Waals surface area (Å²) in [6, 6.07) is 5.43. The van der Waals surface area contributed by atoms with Crippen LogP contribution in [0, 0.1) is 0 Å². The van der Waals surface area contributed by atoms with E-state index in [-0.39, 0.29) is 12.4 Å². The predicted octanol–water partition coefficient (Wildman–Crippen LogP) is 2.26. The van der Waals surface area contributed by atoms with Gasteiger partial charge in [-0.05, 0) is 26.0 Å². The molecule has 0 saturated heterocycles. The van der Waals surface area contributed by atoms with E-state index in [9.17, 15) is 5.11 Å². The van der Waals surface area contributed by atoms with Gasteiger partial charge in [-0.2, -0.15) is 0 Å². The van der Waals surface area contributed by atoms with Crippen LogP contribution in [0.15, 0.2) is 18.2 Å². The van der Waals surface area contributed by atoms with Crippen molar-refractivity contribution >= 4 is 0 Å². The summed E-state index contributed by atoms with van der Waals surface area (Å²) >= 11 is 0. The van der Waals surface area contributed by atoms with Gasteiger partial charge in [-0.25, -0.2) is 0 Å². The zero-order chi connectivity index (χ0) is 12.5. The molecule has 0 aromatic heterocycles. The maximum absolute atomic E-state index is 10.0. The lowest BCUT2D eigenvalue weighted by molar-refractivity contribution is 0.0105. The SMILES string of the molecule is COCOc1ccc2c(c1)OC(C)(C)CC2O. The number of ether oxygens (including phenoxy) is 3. The van der Waals surface area contributed by atoms with Crippen molar-refractivity contribution in [2.45, 2.75) is 32.0 Å². The third-order valence-corrected chi connectivity index (χ3v) is 2.76. The highest BCUT2D eigenvalue weighted by atomic mass is 16.7. The van der Waals surface area contributed by atoms with Gasteiger partial charge in [-0.15, -0.1) is 0 Å². The molecular weight excluding hydrogens is 220 g/mol. The zero-order valence-corrected chi connectivity index (χ0v) is 10.4. The number of methoxy groups -OCH3 is 1. The summed E-state index contributed by atoms with van der Waals surface area (Å²) in [5.74, 6) is 1.36. The summed E-state index contributed by atoms with van der Waals surface area (Å²) < 4.78 is 16.0. The summed E-state index contributed by atoms with van der Waals surface area (Å²) in [5.41, 5.74) is 0.459. The summed E-state index contributed by atoms with van der Waals surface area (Å²) in [5, 5.41) is 10.0. The highest BCUT2D eigenvalue weighted by Gasteiger charge is 2.32. The minimum absolute atomic E-state index is 0.199. The molecule has 0 saturated carbocycles. The molecular formula is C13H18O4. The molecule has 2 rings (SSSR count). The normalized spacial score (nSPS) is 21.5. The lowest BCUT2D eigenvalue weighted by Crippen LogP contribution is -2.34. The molecule has 1 aromatic rings. The zero-order valence-electron chi connectivity index (χ0n) is 10.4. The third kappa shape index (κ3) is 2.70. The topological polar surface area (TPSA) is 47.9 Å². The fourth-order valence-electron chi connectivity index (χ4n) is 2.01. The summed E-state index contributed by atoms with van der Waals surface area (Å²) in [6.07, 6.45) is 0.114. The highest BCUT2D eigenvalue weighted by Crippen LogP contribution is 2.40. The monoisotopic (exact) mass is 238 g/mol. The van der Waals surface area contributed by atoms with Crippen LogP contribution >= 0.6 is 0 Å². The molecule has 0 amide bonds. The highest BCUT2D eigenvalue weighted by molar-refractivity contribution is 5.43. The molecule has 94 valence electrons. The number of hydrogen-bond donors (Lipinski definition) is 1. The quantitative estimate of drug-likeness (QED) is 0.821. The molecule has 1 atom stereocenters. The third-order valence-electron chi connectivity index (χ3n) is 2.76. The number of fused-ring (bicyclic) bond motifs is 1. The van der Waals surface area contributed by atoms with Gasteiger partial charge in [-0.3, -0.25) is 0 Å². The van der Waals surface area contributed by atoms with Crippen LogP contribution in [0.4, 0.5) is 0 Å². The van der Waals surface area contributed by atoms with E-state index < -0.39 is 6.10 Å². The number of aliphatic hydroxyl groups excluding tert-OH is 1. The molecule has 0 bridgehead atoms. The van der Waals surface area contributed by atoms with E-state index in [1.54, 1.807) is 13.2 Å². The predicted molar refractivity (Wildman–Crippen MR) is 63.2 cm³/mol. The first kappa shape index (κ1) is 12.2. The van der Waals surface area contributed by atoms with Crippen LogP contribution < -0.4 is 9.47 Å². The molecule has 1 aliphatic rings. The molecule has 0 aliphatic carbocycles. The molecule has 0 spiro atoms. The second-order valence-electron chi connectivity index (χ2n) is 4.83. The Labute approximate surface area is 101 Å². The minimum atomic E-state index is -0.481. The number of aliphatic hydroxyl groups is 1. The Hall–Kier alpha value is -1.26. The van der Waals surface area contributed by atoms with Crippen LogP contribution in [0.1, 0.15) is 31.9 Å². The van der Waals surface area contributed by atoms with E-state index in [1.807, 2.05) is 26.0 Å². The second-order valence-corrected chi connectivity index (χ2v) is 4.83. The fourth-order valence-corrected chi connectivity index (χ4v) is 2.01. The summed E-state index contributed by atoms with van der Waals surface area (Å²) in [4.78, 5) is 0. The number of benzene rings is 1. The van der Waals surface area contributed by atoms with Crippen molar-refractivity contribution in [1.29, 1.82) is 0 Å². The Morgan fingerprint density at radius 1 is 1.47 bits per heavy atom. The largest absolute Gasteiger partial charge is 0.487 e. The van der Waals surface area contributed by atoms with Crippen molar-refractivity contribution in [3.63, 3.8) is 0 Å². The molecule has 1 aliphatic heterocycles. The van der Waals surface area contributed by atoms with Crippen molar-refractivity contribution in [1.82, 2.24) is 0 Å². The van der Waals surface area contributed by atoms with Crippen LogP contribution in [0.5, 0.6) is 11.5 Å². The van der Waals surface area contributed by atoms with E-state index in [2.05, 4.69) is 0 Å². The van der Waals surface area contributed by atoms with Crippen LogP contribution in [-0.2, 0) is 4.74 Å².